The number of hydrogen-bond acceptors (Lipinski definition) is 6. The van der Waals surface area contributed by atoms with E-state index >= 15 is 0 Å². The molecule has 1 amide bonds. The van der Waals surface area contributed by atoms with Crippen molar-refractivity contribution in [2.24, 2.45) is 0 Å². The Morgan fingerprint density at radius 2 is 1.28 bits per heavy atom. The fourth-order valence-corrected chi connectivity index (χ4v) is 3.29. The Hall–Kier alpha value is -0.960. The normalized spacial score (nSPS) is 11.4. The van der Waals surface area contributed by atoms with Crippen molar-refractivity contribution in [3.05, 3.63) is 12.2 Å². The lowest BCUT2D eigenvalue weighted by atomic mass is 10.1. The second-order valence-electron chi connectivity index (χ2n) is 7.77. The summed E-state index contributed by atoms with van der Waals surface area (Å²) < 4.78 is 27.5. The van der Waals surface area contributed by atoms with Crippen molar-refractivity contribution in [1.82, 2.24) is 4.90 Å². The first-order valence-electron chi connectivity index (χ1n) is 12.3. The lowest BCUT2D eigenvalue weighted by molar-refractivity contribution is -0.131. The minimum absolute atomic E-state index is 0.0615. The van der Waals surface area contributed by atoms with Crippen molar-refractivity contribution < 1.29 is 26.7 Å². The van der Waals surface area contributed by atoms with Crippen LogP contribution in [0.2, 0.25) is 0 Å². The standard InChI is InChI=1S/C22H43NO2.C2H6O4S/c1-3-5-6-7-8-9-10-11-12-13-14-15-16-17-18-19-22(25)23(4-2)20-21-24;1-5-7(3,4)6-2/h11-12,24H,3-10,13-21H2,1-2H3;1-2H3/b12-11-;. The number of nitrogens with zero attached hydrogens (tertiary/aromatic N) is 1. The van der Waals surface area contributed by atoms with Crippen LogP contribution in [0.1, 0.15) is 104 Å². The Morgan fingerprint density at radius 3 is 1.69 bits per heavy atom. The second kappa shape index (κ2) is 24.7. The molecule has 0 aromatic heterocycles. The monoisotopic (exact) mass is 479 g/mol. The minimum Gasteiger partial charge on any atom is -0.395 e. The summed E-state index contributed by atoms with van der Waals surface area (Å²) in [6.07, 6.45) is 21.9. The highest BCUT2D eigenvalue weighted by Crippen LogP contribution is 2.10. The van der Waals surface area contributed by atoms with Gasteiger partial charge < -0.3 is 10.0 Å². The number of amides is 1. The Labute approximate surface area is 197 Å². The van der Waals surface area contributed by atoms with E-state index in [0.717, 1.165) is 27.1 Å². The molecule has 32 heavy (non-hydrogen) atoms. The summed E-state index contributed by atoms with van der Waals surface area (Å²) in [5, 5.41) is 8.92. The third-order valence-corrected chi connectivity index (χ3v) is 5.98. The number of carbonyl (C=O) groups excluding carboxylic acids is 1. The molecule has 8 heteroatoms. The number of rotatable bonds is 20. The number of likely N-dealkylation sites (N-methyl/N-ethyl adjacent to an activating group) is 1. The summed E-state index contributed by atoms with van der Waals surface area (Å²) in [5.74, 6) is 0.189. The Bertz CT molecular complexity index is 527. The van der Waals surface area contributed by atoms with Crippen LogP contribution < -0.4 is 0 Å². The van der Waals surface area contributed by atoms with Crippen molar-refractivity contribution in [2.75, 3.05) is 33.9 Å². The van der Waals surface area contributed by atoms with Crippen molar-refractivity contribution in [3.63, 3.8) is 0 Å². The van der Waals surface area contributed by atoms with Crippen LogP contribution in [0.4, 0.5) is 0 Å². The van der Waals surface area contributed by atoms with E-state index in [1.807, 2.05) is 6.92 Å². The molecule has 192 valence electrons. The average molecular weight is 480 g/mol. The molecule has 1 N–H and O–H groups in total. The molecule has 0 fully saturated rings. The van der Waals surface area contributed by atoms with E-state index in [1.165, 1.54) is 70.6 Å². The highest BCUT2D eigenvalue weighted by Gasteiger charge is 2.09. The molecule has 0 saturated carbocycles. The van der Waals surface area contributed by atoms with Crippen LogP contribution >= 0.6 is 0 Å². The van der Waals surface area contributed by atoms with Crippen molar-refractivity contribution in [2.45, 2.75) is 104 Å². The maximum absolute atomic E-state index is 11.9. The maximum Gasteiger partial charge on any atom is 0.399 e. The Balaban J connectivity index is 0. The SMILES string of the molecule is CCCCCCCC/C=C\CCCCCCCC(=O)N(CC)CCO.COS(=O)(=O)OC. The molecule has 0 spiro atoms. The maximum atomic E-state index is 11.9. The molecule has 0 atom stereocenters. The van der Waals surface area contributed by atoms with Gasteiger partial charge in [0.25, 0.3) is 0 Å². The van der Waals surface area contributed by atoms with Gasteiger partial charge in [-0.15, -0.1) is 0 Å². The number of hydrogen-bond donors (Lipinski definition) is 1. The van der Waals surface area contributed by atoms with Crippen LogP contribution in [0.15, 0.2) is 12.2 Å². The summed E-state index contributed by atoms with van der Waals surface area (Å²) in [6, 6.07) is 0. The first-order valence-corrected chi connectivity index (χ1v) is 13.6. The molecule has 0 saturated heterocycles. The molecule has 0 heterocycles. The summed E-state index contributed by atoms with van der Waals surface area (Å²) in [4.78, 5) is 13.6. The molecule has 0 rings (SSSR count). The van der Waals surface area contributed by atoms with Gasteiger partial charge in [0.1, 0.15) is 0 Å². The highest BCUT2D eigenvalue weighted by molar-refractivity contribution is 7.81. The van der Waals surface area contributed by atoms with Gasteiger partial charge in [0.2, 0.25) is 5.91 Å². The fraction of sp³-hybridized carbons (Fsp3) is 0.875. The summed E-state index contributed by atoms with van der Waals surface area (Å²) >= 11 is 0. The van der Waals surface area contributed by atoms with Crippen LogP contribution in [0.3, 0.4) is 0 Å². The number of aliphatic hydroxyl groups is 1. The molecule has 0 unspecified atom stereocenters. The topological polar surface area (TPSA) is 93.1 Å². The van der Waals surface area contributed by atoms with Crippen molar-refractivity contribution in [3.8, 4) is 0 Å². The third kappa shape index (κ3) is 23.7. The van der Waals surface area contributed by atoms with Gasteiger partial charge in [-0.25, -0.2) is 0 Å². The lowest BCUT2D eigenvalue weighted by Gasteiger charge is -2.19. The molecule has 0 bridgehead atoms. The fourth-order valence-electron chi connectivity index (χ4n) is 3.15. The summed E-state index contributed by atoms with van der Waals surface area (Å²) in [6.45, 7) is 5.46. The largest absolute Gasteiger partial charge is 0.399 e. The van der Waals surface area contributed by atoms with Gasteiger partial charge in [-0.05, 0) is 39.0 Å². The smallest absolute Gasteiger partial charge is 0.395 e. The number of unbranched alkanes of at least 4 members (excludes halogenated alkanes) is 11. The number of allylic oxidation sites excluding steroid dienone is 2. The average Bonchev–Trinajstić information content (AvgIpc) is 2.80. The van der Waals surface area contributed by atoms with Crippen LogP contribution in [-0.4, -0.2) is 58.2 Å². The quantitative estimate of drug-likeness (QED) is 0.186. The van der Waals surface area contributed by atoms with Crippen LogP contribution in [0, 0.1) is 0 Å². The Kier molecular flexibility index (Phi) is 25.6. The predicted molar refractivity (Wildman–Crippen MR) is 132 cm³/mol. The second-order valence-corrected chi connectivity index (χ2v) is 9.26. The van der Waals surface area contributed by atoms with Gasteiger partial charge in [0.15, 0.2) is 0 Å². The third-order valence-electron chi connectivity index (χ3n) is 5.17. The van der Waals surface area contributed by atoms with E-state index in [9.17, 15) is 13.2 Å². The number of aliphatic hydroxyl groups excluding tert-OH is 1. The van der Waals surface area contributed by atoms with Crippen LogP contribution in [0.25, 0.3) is 0 Å². The van der Waals surface area contributed by atoms with Gasteiger partial charge in [-0.3, -0.25) is 13.2 Å². The van der Waals surface area contributed by atoms with E-state index < -0.39 is 10.4 Å². The zero-order valence-electron chi connectivity index (χ0n) is 21.0. The Morgan fingerprint density at radius 1 is 0.812 bits per heavy atom. The van der Waals surface area contributed by atoms with Gasteiger partial charge in [-0.2, -0.15) is 8.42 Å². The first kappa shape index (κ1) is 33.2. The molecule has 0 radical (unpaired) electrons. The molecule has 0 aromatic carbocycles. The lowest BCUT2D eigenvalue weighted by Crippen LogP contribution is -2.33. The van der Waals surface area contributed by atoms with E-state index in [2.05, 4.69) is 27.4 Å². The molecule has 0 aliphatic carbocycles. The van der Waals surface area contributed by atoms with Crippen molar-refractivity contribution in [1.29, 1.82) is 0 Å². The summed E-state index contributed by atoms with van der Waals surface area (Å²) in [5.41, 5.74) is 0. The number of carbonyl (C=O) groups is 1. The van der Waals surface area contributed by atoms with Crippen LogP contribution in [-0.2, 0) is 23.6 Å². The molecule has 7 nitrogen and oxygen atoms in total. The van der Waals surface area contributed by atoms with E-state index in [4.69, 9.17) is 5.11 Å². The zero-order chi connectivity index (χ0) is 24.5. The molecular weight excluding hydrogens is 430 g/mol. The zero-order valence-corrected chi connectivity index (χ0v) is 21.8. The highest BCUT2D eigenvalue weighted by atomic mass is 32.3. The van der Waals surface area contributed by atoms with Gasteiger partial charge in [0.05, 0.1) is 20.8 Å². The summed E-state index contributed by atoms with van der Waals surface area (Å²) in [7, 11) is -1.60. The van der Waals surface area contributed by atoms with E-state index in [1.54, 1.807) is 4.90 Å². The van der Waals surface area contributed by atoms with E-state index in [-0.39, 0.29) is 12.5 Å². The van der Waals surface area contributed by atoms with E-state index in [0.29, 0.717) is 19.5 Å². The van der Waals surface area contributed by atoms with Gasteiger partial charge in [-0.1, -0.05) is 70.4 Å². The predicted octanol–water partition coefficient (Wildman–Crippen LogP) is 5.39. The minimum atomic E-state index is -3.66. The first-order chi connectivity index (χ1) is 15.4. The molecule has 0 aromatic rings. The molecule has 0 aliphatic heterocycles. The van der Waals surface area contributed by atoms with Crippen molar-refractivity contribution >= 4 is 16.3 Å². The van der Waals surface area contributed by atoms with Crippen LogP contribution in [0.5, 0.6) is 0 Å². The molecular formula is C24H49NO6S. The molecule has 0 aliphatic rings. The van der Waals surface area contributed by atoms with Gasteiger partial charge >= 0.3 is 10.4 Å². The van der Waals surface area contributed by atoms with Gasteiger partial charge in [0, 0.05) is 19.5 Å².